The molecular weight excluding hydrogens is 206 g/mol. The molecule has 5 nitrogen and oxygen atoms in total. The molecule has 0 fully saturated rings. The van der Waals surface area contributed by atoms with Crippen LogP contribution in [0.5, 0.6) is 0 Å². The fourth-order valence-corrected chi connectivity index (χ4v) is 1.15. The number of rotatable bonds is 6. The molecule has 0 saturated heterocycles. The Morgan fingerprint density at radius 1 is 1.25 bits per heavy atom. The van der Waals surface area contributed by atoms with Crippen molar-refractivity contribution < 1.29 is 9.59 Å². The Morgan fingerprint density at radius 2 is 1.81 bits per heavy atom. The summed E-state index contributed by atoms with van der Waals surface area (Å²) in [7, 11) is 3.39. The first-order valence-electron chi connectivity index (χ1n) is 5.62. The highest BCUT2D eigenvalue weighted by Crippen LogP contribution is 1.89. The highest BCUT2D eigenvalue weighted by atomic mass is 16.2. The Morgan fingerprint density at radius 3 is 2.25 bits per heavy atom. The fraction of sp³-hybridized carbons (Fsp3) is 0.818. The molecule has 0 aromatic carbocycles. The van der Waals surface area contributed by atoms with E-state index in [1.807, 2.05) is 13.8 Å². The molecule has 0 aromatic rings. The summed E-state index contributed by atoms with van der Waals surface area (Å²) in [5, 5.41) is 5.72. The normalized spacial score (nSPS) is 14.1. The van der Waals surface area contributed by atoms with E-state index in [4.69, 9.17) is 0 Å². The van der Waals surface area contributed by atoms with Crippen LogP contribution in [0.2, 0.25) is 0 Å². The molecule has 16 heavy (non-hydrogen) atoms. The molecule has 2 N–H and O–H groups in total. The van der Waals surface area contributed by atoms with Crippen LogP contribution in [0.1, 0.15) is 27.2 Å². The van der Waals surface area contributed by atoms with Crippen molar-refractivity contribution in [3.63, 3.8) is 0 Å². The summed E-state index contributed by atoms with van der Waals surface area (Å²) in [6, 6.07) is -0.160. The van der Waals surface area contributed by atoms with Crippen LogP contribution in [-0.2, 0) is 9.59 Å². The van der Waals surface area contributed by atoms with Gasteiger partial charge in [0.25, 0.3) is 0 Å². The average Bonchev–Trinajstić information content (AvgIpc) is 2.24. The molecule has 2 amide bonds. The van der Waals surface area contributed by atoms with Gasteiger partial charge in [-0.05, 0) is 20.3 Å². The van der Waals surface area contributed by atoms with Crippen LogP contribution < -0.4 is 10.6 Å². The second kappa shape index (κ2) is 7.22. The second-order valence-electron chi connectivity index (χ2n) is 4.21. The lowest BCUT2D eigenvalue weighted by atomic mass is 10.2. The van der Waals surface area contributed by atoms with E-state index in [9.17, 15) is 9.59 Å². The number of hydrogen-bond donors (Lipinski definition) is 2. The van der Waals surface area contributed by atoms with Gasteiger partial charge in [-0.2, -0.15) is 0 Å². The van der Waals surface area contributed by atoms with Crippen LogP contribution in [-0.4, -0.2) is 49.4 Å². The number of nitrogens with one attached hydrogen (secondary N) is 2. The van der Waals surface area contributed by atoms with Gasteiger partial charge in [0.15, 0.2) is 0 Å². The lowest BCUT2D eigenvalue weighted by molar-refractivity contribution is -0.130. The molecule has 0 heterocycles. The van der Waals surface area contributed by atoms with Crippen molar-refractivity contribution in [2.24, 2.45) is 0 Å². The van der Waals surface area contributed by atoms with E-state index in [0.29, 0.717) is 0 Å². The third-order valence-electron chi connectivity index (χ3n) is 2.40. The monoisotopic (exact) mass is 229 g/mol. The molecular formula is C11H23N3O2. The van der Waals surface area contributed by atoms with E-state index in [1.165, 1.54) is 4.90 Å². The molecule has 94 valence electrons. The number of amides is 2. The van der Waals surface area contributed by atoms with Crippen molar-refractivity contribution in [2.45, 2.75) is 39.3 Å². The van der Waals surface area contributed by atoms with Crippen molar-refractivity contribution >= 4 is 11.8 Å². The molecule has 0 aromatic heterocycles. The fourth-order valence-electron chi connectivity index (χ4n) is 1.15. The Hall–Kier alpha value is -1.10. The molecule has 5 heteroatoms. The predicted molar refractivity (Wildman–Crippen MR) is 64.1 cm³/mol. The Labute approximate surface area is 97.6 Å². The van der Waals surface area contributed by atoms with E-state index >= 15 is 0 Å². The zero-order chi connectivity index (χ0) is 12.7. The zero-order valence-corrected chi connectivity index (χ0v) is 10.8. The van der Waals surface area contributed by atoms with Crippen LogP contribution in [0.25, 0.3) is 0 Å². The van der Waals surface area contributed by atoms with Crippen LogP contribution in [0.4, 0.5) is 0 Å². The highest BCUT2D eigenvalue weighted by Gasteiger charge is 2.15. The minimum Gasteiger partial charge on any atom is -0.353 e. The van der Waals surface area contributed by atoms with Gasteiger partial charge >= 0.3 is 0 Å². The minimum absolute atomic E-state index is 0.0312. The maximum absolute atomic E-state index is 11.5. The smallest absolute Gasteiger partial charge is 0.238 e. The van der Waals surface area contributed by atoms with Gasteiger partial charge in [-0.25, -0.2) is 0 Å². The number of nitrogens with zero attached hydrogens (tertiary/aromatic N) is 1. The van der Waals surface area contributed by atoms with Crippen molar-refractivity contribution in [1.29, 1.82) is 0 Å². The minimum atomic E-state index is -0.335. The summed E-state index contributed by atoms with van der Waals surface area (Å²) < 4.78 is 0. The quantitative estimate of drug-likeness (QED) is 0.672. The van der Waals surface area contributed by atoms with Gasteiger partial charge in [-0.15, -0.1) is 0 Å². The summed E-state index contributed by atoms with van der Waals surface area (Å²) >= 11 is 0. The van der Waals surface area contributed by atoms with E-state index in [1.54, 1.807) is 21.0 Å². The van der Waals surface area contributed by atoms with Gasteiger partial charge in [-0.1, -0.05) is 6.92 Å². The molecule has 0 saturated carbocycles. The summed E-state index contributed by atoms with van der Waals surface area (Å²) in [6.07, 6.45) is 0.901. The van der Waals surface area contributed by atoms with Crippen LogP contribution >= 0.6 is 0 Å². The molecule has 0 aliphatic carbocycles. The van der Waals surface area contributed by atoms with Crippen molar-refractivity contribution in [3.8, 4) is 0 Å². The van der Waals surface area contributed by atoms with Gasteiger partial charge in [0.05, 0.1) is 12.6 Å². The molecule has 2 atom stereocenters. The number of carbonyl (C=O) groups is 2. The third kappa shape index (κ3) is 5.70. The Balaban J connectivity index is 3.88. The van der Waals surface area contributed by atoms with Gasteiger partial charge in [0.1, 0.15) is 0 Å². The first kappa shape index (κ1) is 14.9. The van der Waals surface area contributed by atoms with Gasteiger partial charge < -0.3 is 10.2 Å². The van der Waals surface area contributed by atoms with Crippen molar-refractivity contribution in [2.75, 3.05) is 20.6 Å². The topological polar surface area (TPSA) is 61.4 Å². The number of carbonyl (C=O) groups excluding carboxylic acids is 2. The molecule has 0 bridgehead atoms. The summed E-state index contributed by atoms with van der Waals surface area (Å²) in [5.41, 5.74) is 0. The first-order valence-corrected chi connectivity index (χ1v) is 5.62. The first-order chi connectivity index (χ1) is 7.38. The maximum Gasteiger partial charge on any atom is 0.238 e. The molecule has 0 rings (SSSR count). The zero-order valence-electron chi connectivity index (χ0n) is 10.8. The number of likely N-dealkylation sites (N-methyl/N-ethyl adjacent to an activating group) is 1. The van der Waals surface area contributed by atoms with Crippen LogP contribution in [0, 0.1) is 0 Å². The molecule has 0 spiro atoms. The van der Waals surface area contributed by atoms with Crippen LogP contribution in [0.15, 0.2) is 0 Å². The van der Waals surface area contributed by atoms with E-state index in [2.05, 4.69) is 10.6 Å². The van der Waals surface area contributed by atoms with E-state index < -0.39 is 0 Å². The van der Waals surface area contributed by atoms with Crippen molar-refractivity contribution in [3.05, 3.63) is 0 Å². The van der Waals surface area contributed by atoms with Gasteiger partial charge in [0.2, 0.25) is 11.8 Å². The lowest BCUT2D eigenvalue weighted by Gasteiger charge is -2.18. The predicted octanol–water partition coefficient (Wildman–Crippen LogP) is -0.0326. The maximum atomic E-state index is 11.5. The Kier molecular flexibility index (Phi) is 6.72. The highest BCUT2D eigenvalue weighted by molar-refractivity contribution is 5.83. The molecule has 0 radical (unpaired) electrons. The standard InChI is InChI=1S/C11H23N3O2/c1-6-8(2)13-10(15)7-12-9(3)11(16)14(4)5/h8-9,12H,6-7H2,1-5H3,(H,13,15). The largest absolute Gasteiger partial charge is 0.353 e. The summed E-state index contributed by atoms with van der Waals surface area (Å²) in [6.45, 7) is 5.88. The SMILES string of the molecule is CCC(C)NC(=O)CNC(C)C(=O)N(C)C. The lowest BCUT2D eigenvalue weighted by Crippen LogP contribution is -2.46. The molecule has 0 aliphatic rings. The summed E-state index contributed by atoms with van der Waals surface area (Å²) in [5.74, 6) is -0.107. The van der Waals surface area contributed by atoms with Gasteiger partial charge in [-0.3, -0.25) is 14.9 Å². The average molecular weight is 229 g/mol. The van der Waals surface area contributed by atoms with E-state index in [0.717, 1.165) is 6.42 Å². The molecule has 0 aliphatic heterocycles. The Bertz CT molecular complexity index is 241. The van der Waals surface area contributed by atoms with Crippen molar-refractivity contribution in [1.82, 2.24) is 15.5 Å². The van der Waals surface area contributed by atoms with E-state index in [-0.39, 0.29) is 30.4 Å². The summed E-state index contributed by atoms with van der Waals surface area (Å²) in [4.78, 5) is 24.4. The second-order valence-corrected chi connectivity index (χ2v) is 4.21. The van der Waals surface area contributed by atoms with Crippen LogP contribution in [0.3, 0.4) is 0 Å². The molecule has 2 unspecified atom stereocenters. The third-order valence-corrected chi connectivity index (χ3v) is 2.40. The van der Waals surface area contributed by atoms with Gasteiger partial charge in [0, 0.05) is 20.1 Å². The number of hydrogen-bond acceptors (Lipinski definition) is 3.